The number of benzene rings is 1. The predicted molar refractivity (Wildman–Crippen MR) is 91.6 cm³/mol. The van der Waals surface area contributed by atoms with Crippen molar-refractivity contribution in [1.29, 1.82) is 0 Å². The average Bonchev–Trinajstić information content (AvgIpc) is 3.03. The van der Waals surface area contributed by atoms with E-state index >= 15 is 0 Å². The van der Waals surface area contributed by atoms with E-state index in [1.807, 2.05) is 13.0 Å². The lowest BCUT2D eigenvalue weighted by Gasteiger charge is -2.36. The fraction of sp³-hybridized carbons (Fsp3) is 0.444. The van der Waals surface area contributed by atoms with Crippen LogP contribution in [-0.2, 0) is 18.3 Å². The number of carbonyl (C=O) groups excluding carboxylic acids is 1. The molecule has 2 atom stereocenters. The van der Waals surface area contributed by atoms with Gasteiger partial charge in [0.25, 0.3) is 5.91 Å². The molecule has 1 aromatic carbocycles. The lowest BCUT2D eigenvalue weighted by atomic mass is 10.1. The molecule has 24 heavy (non-hydrogen) atoms. The zero-order valence-corrected chi connectivity index (χ0v) is 14.2. The molecule has 0 bridgehead atoms. The summed E-state index contributed by atoms with van der Waals surface area (Å²) >= 11 is 0. The number of aryl methyl sites for hydroxylation is 1. The van der Waals surface area contributed by atoms with Gasteiger partial charge in [-0.15, -0.1) is 0 Å². The molecule has 1 aliphatic rings. The molecule has 2 heterocycles. The van der Waals surface area contributed by atoms with E-state index in [0.29, 0.717) is 12.2 Å². The summed E-state index contributed by atoms with van der Waals surface area (Å²) in [5.41, 5.74) is 1.87. The molecule has 0 unspecified atom stereocenters. The van der Waals surface area contributed by atoms with Gasteiger partial charge in [-0.3, -0.25) is 14.4 Å². The topological polar surface area (TPSA) is 59.4 Å². The van der Waals surface area contributed by atoms with Crippen molar-refractivity contribution < 1.29 is 9.53 Å². The monoisotopic (exact) mass is 328 g/mol. The van der Waals surface area contributed by atoms with Gasteiger partial charge in [0.15, 0.2) is 0 Å². The molecule has 0 saturated carbocycles. The van der Waals surface area contributed by atoms with Crippen LogP contribution < -0.4 is 5.32 Å². The fourth-order valence-electron chi connectivity index (χ4n) is 2.94. The summed E-state index contributed by atoms with van der Waals surface area (Å²) in [6.07, 6.45) is 3.28. The van der Waals surface area contributed by atoms with Crippen LogP contribution in [0.25, 0.3) is 0 Å². The number of nitrogens with one attached hydrogen (secondary N) is 1. The zero-order chi connectivity index (χ0) is 16.9. The number of hydrogen-bond acceptors (Lipinski definition) is 4. The Morgan fingerprint density at radius 2 is 2.21 bits per heavy atom. The molecule has 6 nitrogen and oxygen atoms in total. The first-order valence-electron chi connectivity index (χ1n) is 8.29. The Hall–Kier alpha value is -2.18. The Labute approximate surface area is 142 Å². The van der Waals surface area contributed by atoms with Gasteiger partial charge in [0, 0.05) is 32.9 Å². The number of carbonyl (C=O) groups is 1. The van der Waals surface area contributed by atoms with Gasteiger partial charge in [-0.25, -0.2) is 0 Å². The smallest absolute Gasteiger partial charge is 0.254 e. The molecular weight excluding hydrogens is 304 g/mol. The SMILES string of the molecule is C[C@@H](NC(=O)c1cnn(C)c1)[C@H]1CN(Cc2ccccc2)CCO1. The van der Waals surface area contributed by atoms with Crippen LogP contribution in [0.1, 0.15) is 22.8 Å². The molecule has 1 saturated heterocycles. The van der Waals surface area contributed by atoms with Crippen molar-refractivity contribution in [3.63, 3.8) is 0 Å². The summed E-state index contributed by atoms with van der Waals surface area (Å²) in [5, 5.41) is 7.05. The van der Waals surface area contributed by atoms with Gasteiger partial charge in [-0.05, 0) is 12.5 Å². The fourth-order valence-corrected chi connectivity index (χ4v) is 2.94. The second-order valence-corrected chi connectivity index (χ2v) is 6.29. The maximum Gasteiger partial charge on any atom is 0.254 e. The quantitative estimate of drug-likeness (QED) is 0.902. The van der Waals surface area contributed by atoms with Crippen LogP contribution in [0, 0.1) is 0 Å². The van der Waals surface area contributed by atoms with Gasteiger partial charge in [0.05, 0.1) is 30.5 Å². The average molecular weight is 328 g/mol. The third-order valence-corrected chi connectivity index (χ3v) is 4.31. The first-order chi connectivity index (χ1) is 11.6. The minimum atomic E-state index is -0.112. The number of morpholine rings is 1. The predicted octanol–water partition coefficient (Wildman–Crippen LogP) is 1.44. The largest absolute Gasteiger partial charge is 0.373 e. The van der Waals surface area contributed by atoms with E-state index in [1.54, 1.807) is 24.1 Å². The van der Waals surface area contributed by atoms with Crippen molar-refractivity contribution in [2.75, 3.05) is 19.7 Å². The van der Waals surface area contributed by atoms with Gasteiger partial charge < -0.3 is 10.1 Å². The molecule has 1 N–H and O–H groups in total. The third-order valence-electron chi connectivity index (χ3n) is 4.31. The van der Waals surface area contributed by atoms with Crippen molar-refractivity contribution >= 4 is 5.91 Å². The molecule has 1 aromatic heterocycles. The Bertz CT molecular complexity index is 671. The highest BCUT2D eigenvalue weighted by atomic mass is 16.5. The zero-order valence-electron chi connectivity index (χ0n) is 14.2. The molecular formula is C18H24N4O2. The second kappa shape index (κ2) is 7.59. The number of aromatic nitrogens is 2. The highest BCUT2D eigenvalue weighted by molar-refractivity contribution is 5.93. The van der Waals surface area contributed by atoms with Crippen molar-refractivity contribution in [3.8, 4) is 0 Å². The molecule has 1 aliphatic heterocycles. The number of nitrogens with zero attached hydrogens (tertiary/aromatic N) is 3. The lowest BCUT2D eigenvalue weighted by molar-refractivity contribution is -0.0449. The molecule has 2 aromatic rings. The standard InChI is InChI=1S/C18H24N4O2/c1-14(20-18(23)16-10-19-21(2)12-16)17-13-22(8-9-24-17)11-15-6-4-3-5-7-15/h3-7,10,12,14,17H,8-9,11,13H2,1-2H3,(H,20,23)/t14-,17-/m1/s1. The molecule has 0 spiro atoms. The highest BCUT2D eigenvalue weighted by Crippen LogP contribution is 2.13. The first kappa shape index (κ1) is 16.7. The van der Waals surface area contributed by atoms with E-state index in [2.05, 4.69) is 39.6 Å². The van der Waals surface area contributed by atoms with Crippen LogP contribution in [0.4, 0.5) is 0 Å². The van der Waals surface area contributed by atoms with Crippen molar-refractivity contribution in [1.82, 2.24) is 20.0 Å². The minimum absolute atomic E-state index is 0.0110. The van der Waals surface area contributed by atoms with Crippen LogP contribution in [0.5, 0.6) is 0 Å². The summed E-state index contributed by atoms with van der Waals surface area (Å²) in [4.78, 5) is 14.6. The summed E-state index contributed by atoms with van der Waals surface area (Å²) in [6, 6.07) is 10.4. The van der Waals surface area contributed by atoms with Gasteiger partial charge in [0.2, 0.25) is 0 Å². The normalized spacial score (nSPS) is 19.8. The van der Waals surface area contributed by atoms with E-state index < -0.39 is 0 Å². The molecule has 0 radical (unpaired) electrons. The van der Waals surface area contributed by atoms with Crippen molar-refractivity contribution in [2.45, 2.75) is 25.6 Å². The number of ether oxygens (including phenoxy) is 1. The van der Waals surface area contributed by atoms with Crippen LogP contribution in [0.3, 0.4) is 0 Å². The van der Waals surface area contributed by atoms with Gasteiger partial charge in [0.1, 0.15) is 0 Å². The maximum absolute atomic E-state index is 12.3. The Kier molecular flexibility index (Phi) is 5.27. The summed E-state index contributed by atoms with van der Waals surface area (Å²) in [7, 11) is 1.80. The minimum Gasteiger partial charge on any atom is -0.373 e. The number of rotatable bonds is 5. The van der Waals surface area contributed by atoms with E-state index in [-0.39, 0.29) is 18.1 Å². The van der Waals surface area contributed by atoms with Crippen LogP contribution in [0.2, 0.25) is 0 Å². The molecule has 128 valence electrons. The highest BCUT2D eigenvalue weighted by Gasteiger charge is 2.27. The molecule has 3 rings (SSSR count). The Morgan fingerprint density at radius 1 is 1.42 bits per heavy atom. The van der Waals surface area contributed by atoms with E-state index in [4.69, 9.17) is 4.74 Å². The molecule has 0 aliphatic carbocycles. The van der Waals surface area contributed by atoms with Gasteiger partial charge in [-0.2, -0.15) is 5.10 Å². The number of amides is 1. The first-order valence-corrected chi connectivity index (χ1v) is 8.29. The third kappa shape index (κ3) is 4.21. The van der Waals surface area contributed by atoms with Crippen LogP contribution >= 0.6 is 0 Å². The molecule has 1 amide bonds. The summed E-state index contributed by atoms with van der Waals surface area (Å²) < 4.78 is 7.50. The van der Waals surface area contributed by atoms with Crippen LogP contribution in [-0.4, -0.2) is 52.4 Å². The molecule has 1 fully saturated rings. The van der Waals surface area contributed by atoms with E-state index in [1.165, 1.54) is 5.56 Å². The van der Waals surface area contributed by atoms with E-state index in [9.17, 15) is 4.79 Å². The van der Waals surface area contributed by atoms with Crippen LogP contribution in [0.15, 0.2) is 42.7 Å². The van der Waals surface area contributed by atoms with Crippen molar-refractivity contribution in [2.24, 2.45) is 7.05 Å². The molecule has 6 heteroatoms. The lowest BCUT2D eigenvalue weighted by Crippen LogP contribution is -2.52. The van der Waals surface area contributed by atoms with Gasteiger partial charge >= 0.3 is 0 Å². The maximum atomic E-state index is 12.3. The number of hydrogen-bond donors (Lipinski definition) is 1. The summed E-state index contributed by atoms with van der Waals surface area (Å²) in [5.74, 6) is -0.112. The van der Waals surface area contributed by atoms with Crippen molar-refractivity contribution in [3.05, 3.63) is 53.9 Å². The Balaban J connectivity index is 1.54. The van der Waals surface area contributed by atoms with E-state index in [0.717, 1.165) is 19.6 Å². The Morgan fingerprint density at radius 3 is 2.92 bits per heavy atom. The van der Waals surface area contributed by atoms with Gasteiger partial charge in [-0.1, -0.05) is 30.3 Å². The summed E-state index contributed by atoms with van der Waals surface area (Å²) in [6.45, 7) is 5.30. The second-order valence-electron chi connectivity index (χ2n) is 6.29.